The first-order valence-corrected chi connectivity index (χ1v) is 6.48. The fourth-order valence-electron chi connectivity index (χ4n) is 1.16. The normalized spacial score (nSPS) is 13.6. The van der Waals surface area contributed by atoms with Gasteiger partial charge in [0.1, 0.15) is 11.6 Å². The van der Waals surface area contributed by atoms with Crippen LogP contribution >= 0.6 is 0 Å². The van der Waals surface area contributed by atoms with Crippen LogP contribution in [0.1, 0.15) is 13.3 Å². The first kappa shape index (κ1) is 14.0. The van der Waals surface area contributed by atoms with Gasteiger partial charge in [-0.1, -0.05) is 13.0 Å². The highest BCUT2D eigenvalue weighted by Crippen LogP contribution is 2.17. The number of hydrogen-bond donors (Lipinski definition) is 2. The summed E-state index contributed by atoms with van der Waals surface area (Å²) in [6.07, 6.45) is -0.554. The topological polar surface area (TPSA) is 66.4 Å². The van der Waals surface area contributed by atoms with Crippen molar-refractivity contribution >= 4 is 10.0 Å². The lowest BCUT2D eigenvalue weighted by molar-refractivity contribution is 0.174. The van der Waals surface area contributed by atoms with Crippen LogP contribution in [0.5, 0.6) is 0 Å². The van der Waals surface area contributed by atoms with Crippen LogP contribution in [0.3, 0.4) is 0 Å². The van der Waals surface area contributed by atoms with Crippen LogP contribution in [-0.2, 0) is 10.0 Å². The Morgan fingerprint density at radius 2 is 1.88 bits per heavy atom. The van der Waals surface area contributed by atoms with Gasteiger partial charge in [-0.3, -0.25) is 0 Å². The number of halogens is 2. The van der Waals surface area contributed by atoms with Crippen LogP contribution < -0.4 is 4.72 Å². The van der Waals surface area contributed by atoms with Gasteiger partial charge >= 0.3 is 0 Å². The summed E-state index contributed by atoms with van der Waals surface area (Å²) in [5, 5.41) is 9.19. The summed E-state index contributed by atoms with van der Waals surface area (Å²) in [5.41, 5.74) is 0. The molecule has 0 saturated heterocycles. The molecule has 1 aromatic rings. The summed E-state index contributed by atoms with van der Waals surface area (Å²) >= 11 is 0. The number of nitrogens with one attached hydrogen (secondary N) is 1. The molecule has 1 atom stereocenters. The second-order valence-electron chi connectivity index (χ2n) is 3.46. The predicted octanol–water partition coefficient (Wildman–Crippen LogP) is 1.01. The average Bonchev–Trinajstić information content (AvgIpc) is 2.25. The van der Waals surface area contributed by atoms with Gasteiger partial charge in [0.15, 0.2) is 4.90 Å². The summed E-state index contributed by atoms with van der Waals surface area (Å²) < 4.78 is 51.6. The van der Waals surface area contributed by atoms with E-state index in [0.717, 1.165) is 18.2 Å². The molecule has 2 N–H and O–H groups in total. The van der Waals surface area contributed by atoms with Crippen LogP contribution in [0.25, 0.3) is 0 Å². The first-order valence-electron chi connectivity index (χ1n) is 5.00. The lowest BCUT2D eigenvalue weighted by atomic mass is 10.3. The van der Waals surface area contributed by atoms with Crippen LogP contribution in [0.2, 0.25) is 0 Å². The quantitative estimate of drug-likeness (QED) is 0.835. The second-order valence-corrected chi connectivity index (χ2v) is 5.17. The molecular weight excluding hydrogens is 252 g/mol. The third-order valence-corrected chi connectivity index (χ3v) is 3.64. The van der Waals surface area contributed by atoms with Crippen molar-refractivity contribution in [3.8, 4) is 0 Å². The lowest BCUT2D eigenvalue weighted by Crippen LogP contribution is -2.32. The monoisotopic (exact) mass is 265 g/mol. The molecule has 17 heavy (non-hydrogen) atoms. The molecule has 1 rings (SSSR count). The molecule has 0 aliphatic rings. The molecule has 0 radical (unpaired) electrons. The van der Waals surface area contributed by atoms with E-state index < -0.39 is 32.7 Å². The Bertz CT molecular complexity index is 470. The Morgan fingerprint density at radius 1 is 1.35 bits per heavy atom. The second kappa shape index (κ2) is 5.52. The smallest absolute Gasteiger partial charge is 0.246 e. The predicted molar refractivity (Wildman–Crippen MR) is 57.8 cm³/mol. The standard InChI is InChI=1S/C10H13F2NO3S/c1-2-7(14)6-13-17(15,16)10-8(11)4-3-5-9(10)12/h3-5,7,13-14H,2,6H2,1H3/t7-/m1/s1. The van der Waals surface area contributed by atoms with Gasteiger partial charge in [-0.25, -0.2) is 21.9 Å². The zero-order valence-corrected chi connectivity index (χ0v) is 9.97. The molecule has 96 valence electrons. The van der Waals surface area contributed by atoms with Crippen molar-refractivity contribution in [1.29, 1.82) is 0 Å². The maximum Gasteiger partial charge on any atom is 0.246 e. The van der Waals surface area contributed by atoms with Crippen molar-refractivity contribution in [2.45, 2.75) is 24.3 Å². The molecule has 1 aromatic carbocycles. The summed E-state index contributed by atoms with van der Waals surface area (Å²) in [5.74, 6) is -2.33. The van der Waals surface area contributed by atoms with Gasteiger partial charge in [-0.15, -0.1) is 0 Å². The Kier molecular flexibility index (Phi) is 4.55. The molecule has 0 unspecified atom stereocenters. The van der Waals surface area contributed by atoms with E-state index in [1.165, 1.54) is 0 Å². The minimum atomic E-state index is -4.29. The Balaban J connectivity index is 2.98. The lowest BCUT2D eigenvalue weighted by Gasteiger charge is -2.11. The zero-order chi connectivity index (χ0) is 13.1. The minimum absolute atomic E-state index is 0.285. The van der Waals surface area contributed by atoms with E-state index in [-0.39, 0.29) is 6.54 Å². The van der Waals surface area contributed by atoms with Crippen LogP contribution in [0.4, 0.5) is 8.78 Å². The molecule has 0 fully saturated rings. The molecule has 4 nitrogen and oxygen atoms in total. The number of sulfonamides is 1. The summed E-state index contributed by atoms with van der Waals surface area (Å²) in [4.78, 5) is -1.02. The summed E-state index contributed by atoms with van der Waals surface area (Å²) in [7, 11) is -4.29. The SMILES string of the molecule is CC[C@@H](O)CNS(=O)(=O)c1c(F)cccc1F. The Hall–Kier alpha value is -1.05. The average molecular weight is 265 g/mol. The third kappa shape index (κ3) is 3.45. The molecule has 0 aromatic heterocycles. The van der Waals surface area contributed by atoms with Gasteiger partial charge in [0.25, 0.3) is 0 Å². The minimum Gasteiger partial charge on any atom is -0.392 e. The molecule has 0 spiro atoms. The largest absolute Gasteiger partial charge is 0.392 e. The molecule has 0 heterocycles. The summed E-state index contributed by atoms with van der Waals surface area (Å²) in [6.45, 7) is 1.37. The summed E-state index contributed by atoms with van der Waals surface area (Å²) in [6, 6.07) is 2.78. The maximum atomic E-state index is 13.2. The maximum absolute atomic E-state index is 13.2. The van der Waals surface area contributed by atoms with Crippen molar-refractivity contribution in [1.82, 2.24) is 4.72 Å². The molecule has 0 saturated carbocycles. The van der Waals surface area contributed by atoms with Gasteiger partial charge in [-0.05, 0) is 18.6 Å². The van der Waals surface area contributed by atoms with Crippen LogP contribution in [-0.4, -0.2) is 26.2 Å². The van der Waals surface area contributed by atoms with Crippen molar-refractivity contribution < 1.29 is 22.3 Å². The molecule has 0 bridgehead atoms. The Labute approximate surface area is 98.3 Å². The van der Waals surface area contributed by atoms with E-state index in [4.69, 9.17) is 0 Å². The van der Waals surface area contributed by atoms with E-state index in [1.54, 1.807) is 6.92 Å². The molecule has 0 amide bonds. The molecule has 0 aliphatic carbocycles. The van der Waals surface area contributed by atoms with E-state index in [9.17, 15) is 22.3 Å². The zero-order valence-electron chi connectivity index (χ0n) is 9.15. The van der Waals surface area contributed by atoms with Gasteiger partial charge in [0.05, 0.1) is 6.10 Å². The number of aliphatic hydroxyl groups is 1. The van der Waals surface area contributed by atoms with Gasteiger partial charge in [-0.2, -0.15) is 0 Å². The number of hydrogen-bond acceptors (Lipinski definition) is 3. The van der Waals surface area contributed by atoms with Crippen LogP contribution in [0.15, 0.2) is 23.1 Å². The molecule has 0 aliphatic heterocycles. The van der Waals surface area contributed by atoms with Crippen molar-refractivity contribution in [3.63, 3.8) is 0 Å². The van der Waals surface area contributed by atoms with E-state index in [2.05, 4.69) is 0 Å². The van der Waals surface area contributed by atoms with E-state index in [1.807, 2.05) is 4.72 Å². The van der Waals surface area contributed by atoms with Crippen molar-refractivity contribution in [2.75, 3.05) is 6.54 Å². The van der Waals surface area contributed by atoms with E-state index >= 15 is 0 Å². The fraction of sp³-hybridized carbons (Fsp3) is 0.400. The van der Waals surface area contributed by atoms with Crippen LogP contribution in [0, 0.1) is 11.6 Å². The highest BCUT2D eigenvalue weighted by atomic mass is 32.2. The highest BCUT2D eigenvalue weighted by Gasteiger charge is 2.23. The van der Waals surface area contributed by atoms with Gasteiger partial charge in [0, 0.05) is 6.54 Å². The van der Waals surface area contributed by atoms with E-state index in [0.29, 0.717) is 6.42 Å². The Morgan fingerprint density at radius 3 is 2.35 bits per heavy atom. The number of rotatable bonds is 5. The van der Waals surface area contributed by atoms with Crippen molar-refractivity contribution in [2.24, 2.45) is 0 Å². The molecular formula is C10H13F2NO3S. The van der Waals surface area contributed by atoms with Crippen molar-refractivity contribution in [3.05, 3.63) is 29.8 Å². The third-order valence-electron chi connectivity index (χ3n) is 2.17. The molecule has 7 heteroatoms. The first-order chi connectivity index (χ1) is 7.88. The van der Waals surface area contributed by atoms with Gasteiger partial charge in [0.2, 0.25) is 10.0 Å². The highest BCUT2D eigenvalue weighted by molar-refractivity contribution is 7.89. The van der Waals surface area contributed by atoms with Gasteiger partial charge < -0.3 is 5.11 Å². The number of aliphatic hydroxyl groups excluding tert-OH is 1. The number of benzene rings is 1. The fourth-order valence-corrected chi connectivity index (χ4v) is 2.37.